The van der Waals surface area contributed by atoms with Crippen molar-refractivity contribution in [2.75, 3.05) is 0 Å². The minimum atomic E-state index is -1.67. The number of nitriles is 1. The number of nitrogens with two attached hydrogens (primary N) is 1. The number of halogens is 1. The highest BCUT2D eigenvalue weighted by Gasteiger charge is 2.10. The van der Waals surface area contributed by atoms with Gasteiger partial charge in [0.2, 0.25) is 12.3 Å². The van der Waals surface area contributed by atoms with E-state index in [-0.39, 0.29) is 0 Å². The van der Waals surface area contributed by atoms with E-state index in [2.05, 4.69) is 0 Å². The third kappa shape index (κ3) is 7.33. The van der Waals surface area contributed by atoms with E-state index < -0.39 is 18.7 Å². The highest BCUT2D eigenvalue weighted by Crippen LogP contribution is 2.12. The van der Waals surface area contributed by atoms with Gasteiger partial charge in [0.05, 0.1) is 18.1 Å². The molecule has 2 aromatic rings. The predicted molar refractivity (Wildman–Crippen MR) is 76.9 cm³/mol. The maximum absolute atomic E-state index is 12.8. The number of ether oxygens (including phenoxy) is 1. The molecule has 0 aromatic heterocycles. The number of rotatable bonds is 4. The van der Waals surface area contributed by atoms with Crippen LogP contribution >= 0.6 is 0 Å². The van der Waals surface area contributed by atoms with Gasteiger partial charge in [-0.05, 0) is 24.3 Å². The molecular weight excluding hydrogens is 271 g/mol. The molecule has 0 fully saturated rings. The summed E-state index contributed by atoms with van der Waals surface area (Å²) < 4.78 is 17.6. The Labute approximate surface area is 122 Å². The van der Waals surface area contributed by atoms with Crippen LogP contribution in [0.25, 0.3) is 0 Å². The molecule has 0 saturated carbocycles. The monoisotopic (exact) mass is 286 g/mol. The van der Waals surface area contributed by atoms with Crippen LogP contribution < -0.4 is 10.5 Å². The van der Waals surface area contributed by atoms with E-state index in [0.29, 0.717) is 11.3 Å². The number of carbonyl (C=O) groups is 1. The van der Waals surface area contributed by atoms with Crippen LogP contribution in [0.4, 0.5) is 4.39 Å². The van der Waals surface area contributed by atoms with Crippen LogP contribution in [0.2, 0.25) is 0 Å². The van der Waals surface area contributed by atoms with Crippen molar-refractivity contribution < 1.29 is 13.9 Å². The highest BCUT2D eigenvalue weighted by atomic mass is 19.1. The molecule has 0 radical (unpaired) electrons. The van der Waals surface area contributed by atoms with E-state index in [1.54, 1.807) is 42.5 Å². The van der Waals surface area contributed by atoms with Crippen LogP contribution in [0.5, 0.6) is 5.75 Å². The molecule has 2 aromatic carbocycles. The fourth-order valence-electron chi connectivity index (χ4n) is 1.36. The van der Waals surface area contributed by atoms with Crippen molar-refractivity contribution in [3.63, 3.8) is 0 Å². The van der Waals surface area contributed by atoms with Crippen LogP contribution in [0.15, 0.2) is 60.7 Å². The lowest BCUT2D eigenvalue weighted by Crippen LogP contribution is -2.21. The second-order valence-corrected chi connectivity index (χ2v) is 3.99. The first-order valence-corrected chi connectivity index (χ1v) is 6.21. The lowest BCUT2D eigenvalue weighted by atomic mass is 10.2. The van der Waals surface area contributed by atoms with E-state index in [1.807, 2.05) is 24.3 Å². The largest absolute Gasteiger partial charge is 0.460 e. The third-order valence-electron chi connectivity index (χ3n) is 2.27. The van der Waals surface area contributed by atoms with Gasteiger partial charge >= 0.3 is 0 Å². The molecule has 0 aliphatic carbocycles. The number of nitrogens with zero attached hydrogens (tertiary/aromatic N) is 1. The average molecular weight is 286 g/mol. The molecule has 21 heavy (non-hydrogen) atoms. The third-order valence-corrected chi connectivity index (χ3v) is 2.27. The summed E-state index contributed by atoms with van der Waals surface area (Å²) in [5.41, 5.74) is 5.50. The fourth-order valence-corrected chi connectivity index (χ4v) is 1.36. The van der Waals surface area contributed by atoms with E-state index in [4.69, 9.17) is 15.7 Å². The Hall–Kier alpha value is -2.87. The molecule has 2 rings (SSSR count). The van der Waals surface area contributed by atoms with Crippen LogP contribution in [0.1, 0.15) is 12.0 Å². The summed E-state index contributed by atoms with van der Waals surface area (Å²) in [6.07, 6.45) is -2.09. The van der Waals surface area contributed by atoms with Gasteiger partial charge in [0.25, 0.3) is 0 Å². The molecule has 0 heterocycles. The van der Waals surface area contributed by atoms with Gasteiger partial charge in [-0.3, -0.25) is 4.79 Å². The van der Waals surface area contributed by atoms with Crippen LogP contribution in [0.3, 0.4) is 0 Å². The summed E-state index contributed by atoms with van der Waals surface area (Å²) >= 11 is 0. The van der Waals surface area contributed by atoms with Crippen molar-refractivity contribution >= 4 is 5.91 Å². The molecule has 108 valence electrons. The van der Waals surface area contributed by atoms with Gasteiger partial charge in [-0.25, -0.2) is 4.39 Å². The Kier molecular flexibility index (Phi) is 7.01. The summed E-state index contributed by atoms with van der Waals surface area (Å²) in [5.74, 6) is -0.334. The second-order valence-electron chi connectivity index (χ2n) is 3.99. The van der Waals surface area contributed by atoms with E-state index in [1.165, 1.54) is 0 Å². The average Bonchev–Trinajstić information content (AvgIpc) is 2.49. The van der Waals surface area contributed by atoms with Crippen molar-refractivity contribution in [2.24, 2.45) is 5.73 Å². The summed E-state index contributed by atoms with van der Waals surface area (Å²) in [4.78, 5) is 10.3. The lowest BCUT2D eigenvalue weighted by Gasteiger charge is -2.08. The number of hydrogen-bond acceptors (Lipinski definition) is 3. The van der Waals surface area contributed by atoms with Crippen molar-refractivity contribution in [1.82, 2.24) is 0 Å². The van der Waals surface area contributed by atoms with Crippen LogP contribution in [-0.2, 0) is 4.79 Å². The number of benzene rings is 2. The summed E-state index contributed by atoms with van der Waals surface area (Å²) in [6.45, 7) is 0. The molecule has 0 saturated heterocycles. The first kappa shape index (κ1) is 16.2. The molecule has 0 spiro atoms. The molecule has 1 unspecified atom stereocenters. The maximum Gasteiger partial charge on any atom is 0.247 e. The molecule has 0 aliphatic heterocycles. The topological polar surface area (TPSA) is 76.1 Å². The molecule has 0 bridgehead atoms. The number of primary amides is 1. The van der Waals surface area contributed by atoms with Crippen molar-refractivity contribution in [3.05, 3.63) is 66.2 Å². The summed E-state index contributed by atoms with van der Waals surface area (Å²) in [6, 6.07) is 19.6. The Bertz CT molecular complexity index is 582. The lowest BCUT2D eigenvalue weighted by molar-refractivity contribution is -0.121. The number of amides is 1. The molecule has 1 atom stereocenters. The SMILES string of the molecule is N#Cc1ccccc1.NC(=O)CC(F)Oc1ccccc1. The normalized spacial score (nSPS) is 10.5. The number of alkyl halides is 1. The second kappa shape index (κ2) is 9.10. The fraction of sp³-hybridized carbons (Fsp3) is 0.125. The Morgan fingerprint density at radius 1 is 1.14 bits per heavy atom. The van der Waals surface area contributed by atoms with Gasteiger partial charge in [0.1, 0.15) is 5.75 Å². The van der Waals surface area contributed by atoms with Crippen molar-refractivity contribution in [2.45, 2.75) is 12.8 Å². The predicted octanol–water partition coefficient (Wildman–Crippen LogP) is 2.79. The molecule has 4 nitrogen and oxygen atoms in total. The zero-order chi connectivity index (χ0) is 15.5. The Morgan fingerprint density at radius 3 is 2.10 bits per heavy atom. The minimum Gasteiger partial charge on any atom is -0.460 e. The van der Waals surface area contributed by atoms with Crippen LogP contribution in [0, 0.1) is 11.3 Å². The summed E-state index contributed by atoms with van der Waals surface area (Å²) in [5, 5.41) is 8.29. The van der Waals surface area contributed by atoms with E-state index >= 15 is 0 Å². The zero-order valence-electron chi connectivity index (χ0n) is 11.3. The zero-order valence-corrected chi connectivity index (χ0v) is 11.3. The number of carbonyl (C=O) groups excluding carboxylic acids is 1. The van der Waals surface area contributed by atoms with Gasteiger partial charge in [-0.1, -0.05) is 36.4 Å². The van der Waals surface area contributed by atoms with Gasteiger partial charge < -0.3 is 10.5 Å². The summed E-state index contributed by atoms with van der Waals surface area (Å²) in [7, 11) is 0. The van der Waals surface area contributed by atoms with Crippen molar-refractivity contribution in [3.8, 4) is 11.8 Å². The van der Waals surface area contributed by atoms with Crippen molar-refractivity contribution in [1.29, 1.82) is 5.26 Å². The Balaban J connectivity index is 0.000000235. The van der Waals surface area contributed by atoms with Gasteiger partial charge in [0, 0.05) is 0 Å². The van der Waals surface area contributed by atoms with E-state index in [9.17, 15) is 9.18 Å². The quantitative estimate of drug-likeness (QED) is 0.938. The van der Waals surface area contributed by atoms with Gasteiger partial charge in [0.15, 0.2) is 0 Å². The first-order chi connectivity index (χ1) is 10.1. The van der Waals surface area contributed by atoms with Gasteiger partial charge in [-0.2, -0.15) is 5.26 Å². The molecule has 2 N–H and O–H groups in total. The standard InChI is InChI=1S/C9H10FNO2.C7H5N/c10-8(6-9(11)12)13-7-4-2-1-3-5-7;8-6-7-4-2-1-3-5-7/h1-5,8H,6H2,(H2,11,12);1-5H. The smallest absolute Gasteiger partial charge is 0.247 e. The van der Waals surface area contributed by atoms with Gasteiger partial charge in [-0.15, -0.1) is 0 Å². The number of hydrogen-bond donors (Lipinski definition) is 1. The number of para-hydroxylation sites is 1. The van der Waals surface area contributed by atoms with E-state index in [0.717, 1.165) is 0 Å². The first-order valence-electron chi connectivity index (χ1n) is 6.21. The maximum atomic E-state index is 12.8. The molecular formula is C16H15FN2O2. The minimum absolute atomic E-state index is 0.385. The molecule has 5 heteroatoms. The highest BCUT2D eigenvalue weighted by molar-refractivity contribution is 5.74. The Morgan fingerprint density at radius 2 is 1.67 bits per heavy atom. The van der Waals surface area contributed by atoms with Crippen LogP contribution in [-0.4, -0.2) is 12.3 Å². The molecule has 1 amide bonds. The molecule has 0 aliphatic rings.